The van der Waals surface area contributed by atoms with E-state index in [-0.39, 0.29) is 24.7 Å². The number of nitrogens with zero attached hydrogens (tertiary/aromatic N) is 2. The minimum absolute atomic E-state index is 0.00591. The van der Waals surface area contributed by atoms with Crippen LogP contribution in [0.5, 0.6) is 11.5 Å². The summed E-state index contributed by atoms with van der Waals surface area (Å²) < 4.78 is 11.0. The number of benzene rings is 2. The normalized spacial score (nSPS) is 10.9. The standard InChI is InChI=1S/C24H30N4O4/c1-3-15-31-21-9-5-19(6-10-21)17-25-27-23(29)13-14-24(30)28-26-18-20-7-11-22(12-8-20)32-16-4-2/h5-12,17-18H,3-4,13-16H2,1-2H3,(H,27,29)(H,28,30)/b25-17-,26-18-. The van der Waals surface area contributed by atoms with Gasteiger partial charge >= 0.3 is 0 Å². The van der Waals surface area contributed by atoms with Crippen molar-refractivity contribution in [3.8, 4) is 11.5 Å². The number of amides is 2. The van der Waals surface area contributed by atoms with Gasteiger partial charge in [0.2, 0.25) is 11.8 Å². The predicted molar refractivity (Wildman–Crippen MR) is 125 cm³/mol. The third-order valence-electron chi connectivity index (χ3n) is 4.09. The lowest BCUT2D eigenvalue weighted by Crippen LogP contribution is -2.22. The lowest BCUT2D eigenvalue weighted by molar-refractivity contribution is -0.126. The first-order valence-electron chi connectivity index (χ1n) is 10.7. The monoisotopic (exact) mass is 438 g/mol. The number of rotatable bonds is 13. The first-order chi connectivity index (χ1) is 15.6. The second kappa shape index (κ2) is 14.3. The molecular formula is C24H30N4O4. The maximum Gasteiger partial charge on any atom is 0.240 e. The summed E-state index contributed by atoms with van der Waals surface area (Å²) in [5.41, 5.74) is 6.46. The fraction of sp³-hybridized carbons (Fsp3) is 0.333. The van der Waals surface area contributed by atoms with Crippen LogP contribution in [0.4, 0.5) is 0 Å². The molecule has 0 spiro atoms. The zero-order valence-electron chi connectivity index (χ0n) is 18.5. The molecule has 0 bridgehead atoms. The van der Waals surface area contributed by atoms with Gasteiger partial charge in [-0.15, -0.1) is 0 Å². The minimum Gasteiger partial charge on any atom is -0.494 e. The first-order valence-corrected chi connectivity index (χ1v) is 10.7. The highest BCUT2D eigenvalue weighted by atomic mass is 16.5. The van der Waals surface area contributed by atoms with Crippen molar-refractivity contribution in [3.05, 3.63) is 59.7 Å². The highest BCUT2D eigenvalue weighted by Crippen LogP contribution is 2.12. The largest absolute Gasteiger partial charge is 0.494 e. The van der Waals surface area contributed by atoms with Crippen molar-refractivity contribution in [2.24, 2.45) is 10.2 Å². The van der Waals surface area contributed by atoms with E-state index in [0.717, 1.165) is 35.5 Å². The van der Waals surface area contributed by atoms with Crippen LogP contribution >= 0.6 is 0 Å². The van der Waals surface area contributed by atoms with Crippen LogP contribution in [0.1, 0.15) is 50.7 Å². The molecule has 32 heavy (non-hydrogen) atoms. The third-order valence-corrected chi connectivity index (χ3v) is 4.09. The van der Waals surface area contributed by atoms with Gasteiger partial charge in [-0.05, 0) is 72.5 Å². The van der Waals surface area contributed by atoms with E-state index < -0.39 is 0 Å². The molecule has 2 N–H and O–H groups in total. The molecule has 8 heteroatoms. The van der Waals surface area contributed by atoms with E-state index in [1.807, 2.05) is 62.4 Å². The summed E-state index contributed by atoms with van der Waals surface area (Å²) in [4.78, 5) is 23.7. The van der Waals surface area contributed by atoms with Crippen LogP contribution in [-0.2, 0) is 9.59 Å². The Balaban J connectivity index is 1.65. The topological polar surface area (TPSA) is 101 Å². The van der Waals surface area contributed by atoms with Gasteiger partial charge in [0.15, 0.2) is 0 Å². The number of carbonyl (C=O) groups excluding carboxylic acids is 2. The Bertz CT molecular complexity index is 818. The maximum absolute atomic E-state index is 11.8. The molecule has 0 fully saturated rings. The third kappa shape index (κ3) is 9.88. The van der Waals surface area contributed by atoms with Crippen LogP contribution in [0.15, 0.2) is 58.7 Å². The van der Waals surface area contributed by atoms with Crippen LogP contribution in [-0.4, -0.2) is 37.5 Å². The first kappa shape index (κ1) is 24.6. The van der Waals surface area contributed by atoms with Crippen LogP contribution in [0.3, 0.4) is 0 Å². The van der Waals surface area contributed by atoms with Gasteiger partial charge in [0, 0.05) is 12.8 Å². The van der Waals surface area contributed by atoms with Gasteiger partial charge in [0.25, 0.3) is 0 Å². The molecule has 2 amide bonds. The molecule has 2 aromatic rings. The molecule has 0 atom stereocenters. The van der Waals surface area contributed by atoms with Crippen molar-refractivity contribution in [1.29, 1.82) is 0 Å². The van der Waals surface area contributed by atoms with E-state index in [9.17, 15) is 9.59 Å². The molecule has 0 saturated heterocycles. The Morgan fingerprint density at radius 3 is 1.44 bits per heavy atom. The molecule has 0 aromatic heterocycles. The molecule has 0 saturated carbocycles. The second-order valence-corrected chi connectivity index (χ2v) is 6.92. The zero-order valence-corrected chi connectivity index (χ0v) is 18.5. The average molecular weight is 439 g/mol. The van der Waals surface area contributed by atoms with Crippen LogP contribution < -0.4 is 20.3 Å². The predicted octanol–water partition coefficient (Wildman–Crippen LogP) is 3.64. The van der Waals surface area contributed by atoms with E-state index in [2.05, 4.69) is 21.1 Å². The number of carbonyl (C=O) groups is 2. The summed E-state index contributed by atoms with van der Waals surface area (Å²) >= 11 is 0. The van der Waals surface area contributed by atoms with Gasteiger partial charge in [-0.2, -0.15) is 10.2 Å². The average Bonchev–Trinajstić information content (AvgIpc) is 2.81. The van der Waals surface area contributed by atoms with Crippen molar-refractivity contribution in [3.63, 3.8) is 0 Å². The number of hydrazone groups is 2. The molecular weight excluding hydrogens is 408 g/mol. The van der Waals surface area contributed by atoms with Gasteiger partial charge in [-0.25, -0.2) is 10.9 Å². The molecule has 0 aliphatic carbocycles. The maximum atomic E-state index is 11.8. The summed E-state index contributed by atoms with van der Waals surface area (Å²) in [7, 11) is 0. The molecule has 8 nitrogen and oxygen atoms in total. The fourth-order valence-corrected chi connectivity index (χ4v) is 2.44. The number of nitrogens with one attached hydrogen (secondary N) is 2. The minimum atomic E-state index is -0.356. The Labute approximate surface area is 188 Å². The molecule has 0 unspecified atom stereocenters. The van der Waals surface area contributed by atoms with E-state index in [0.29, 0.717) is 13.2 Å². The highest BCUT2D eigenvalue weighted by Gasteiger charge is 2.05. The van der Waals surface area contributed by atoms with Gasteiger partial charge in [-0.1, -0.05) is 13.8 Å². The van der Waals surface area contributed by atoms with Crippen molar-refractivity contribution >= 4 is 24.2 Å². The molecule has 2 aromatic carbocycles. The Morgan fingerprint density at radius 2 is 1.09 bits per heavy atom. The van der Waals surface area contributed by atoms with Gasteiger partial charge < -0.3 is 9.47 Å². The van der Waals surface area contributed by atoms with E-state index in [1.54, 1.807) is 0 Å². The van der Waals surface area contributed by atoms with Crippen LogP contribution in [0, 0.1) is 0 Å². The highest BCUT2D eigenvalue weighted by molar-refractivity contribution is 5.86. The Hall–Kier alpha value is -3.68. The second-order valence-electron chi connectivity index (χ2n) is 6.92. The van der Waals surface area contributed by atoms with E-state index in [1.165, 1.54) is 12.4 Å². The summed E-state index contributed by atoms with van der Waals surface area (Å²) in [5.74, 6) is 0.872. The van der Waals surface area contributed by atoms with E-state index >= 15 is 0 Å². The van der Waals surface area contributed by atoms with E-state index in [4.69, 9.17) is 9.47 Å². The van der Waals surface area contributed by atoms with Crippen molar-refractivity contribution in [1.82, 2.24) is 10.9 Å². The summed E-state index contributed by atoms with van der Waals surface area (Å²) in [5, 5.41) is 7.80. The number of hydrogen-bond donors (Lipinski definition) is 2. The Kier molecular flexibility index (Phi) is 11.0. The SMILES string of the molecule is CCCOc1ccc(/C=N\NC(=O)CCC(=O)N/N=C\c2ccc(OCCC)cc2)cc1. The van der Waals surface area contributed by atoms with Crippen molar-refractivity contribution in [2.45, 2.75) is 39.5 Å². The lowest BCUT2D eigenvalue weighted by atomic mass is 10.2. The lowest BCUT2D eigenvalue weighted by Gasteiger charge is -2.04. The summed E-state index contributed by atoms with van der Waals surface area (Å²) in [6.07, 6.45) is 4.97. The quantitative estimate of drug-likeness (QED) is 0.368. The molecule has 0 heterocycles. The fourth-order valence-electron chi connectivity index (χ4n) is 2.44. The Morgan fingerprint density at radius 1 is 0.719 bits per heavy atom. The van der Waals surface area contributed by atoms with Gasteiger partial charge in [-0.3, -0.25) is 9.59 Å². The number of hydrogen-bond acceptors (Lipinski definition) is 6. The summed E-state index contributed by atoms with van der Waals surface area (Å²) in [6, 6.07) is 14.8. The molecule has 0 aliphatic rings. The smallest absolute Gasteiger partial charge is 0.240 e. The molecule has 0 aliphatic heterocycles. The summed E-state index contributed by atoms with van der Waals surface area (Å²) in [6.45, 7) is 5.43. The van der Waals surface area contributed by atoms with Crippen LogP contribution in [0.25, 0.3) is 0 Å². The van der Waals surface area contributed by atoms with Crippen molar-refractivity contribution in [2.75, 3.05) is 13.2 Å². The molecule has 2 rings (SSSR count). The van der Waals surface area contributed by atoms with Crippen molar-refractivity contribution < 1.29 is 19.1 Å². The molecule has 0 radical (unpaired) electrons. The number of ether oxygens (including phenoxy) is 2. The van der Waals surface area contributed by atoms with Gasteiger partial charge in [0.1, 0.15) is 11.5 Å². The molecule has 170 valence electrons. The van der Waals surface area contributed by atoms with Gasteiger partial charge in [0.05, 0.1) is 25.6 Å². The zero-order chi connectivity index (χ0) is 23.0. The van der Waals surface area contributed by atoms with Crippen LogP contribution in [0.2, 0.25) is 0 Å².